The lowest BCUT2D eigenvalue weighted by Crippen LogP contribution is -2.35. The third-order valence-corrected chi connectivity index (χ3v) is 6.08. The molecule has 33 heavy (non-hydrogen) atoms. The number of nitrogen functional groups attached to an aromatic ring is 1. The minimum absolute atomic E-state index is 0.0386. The van der Waals surface area contributed by atoms with E-state index in [9.17, 15) is 14.7 Å². The zero-order valence-electron chi connectivity index (χ0n) is 18.1. The predicted molar refractivity (Wildman–Crippen MR) is 127 cm³/mol. The predicted octanol–water partition coefficient (Wildman–Crippen LogP) is 2.64. The summed E-state index contributed by atoms with van der Waals surface area (Å²) in [6, 6.07) is 12.6. The first-order valence-electron chi connectivity index (χ1n) is 10.4. The van der Waals surface area contributed by atoms with E-state index >= 15 is 0 Å². The SMILES string of the molecule is C[C@H](NC(=O)c1cc(-c2cc(C(=O)N[C@@H](C)CO)c3nc(N)nn3c2)cs1)c1ccccc1. The molecule has 0 fully saturated rings. The molecule has 4 aromatic rings. The van der Waals surface area contributed by atoms with Crippen molar-refractivity contribution in [1.29, 1.82) is 0 Å². The summed E-state index contributed by atoms with van der Waals surface area (Å²) in [5, 5.41) is 21.0. The summed E-state index contributed by atoms with van der Waals surface area (Å²) < 4.78 is 1.44. The number of carbonyl (C=O) groups is 2. The number of rotatable bonds is 7. The fraction of sp³-hybridized carbons (Fsp3) is 0.217. The van der Waals surface area contributed by atoms with Gasteiger partial charge in [-0.2, -0.15) is 4.98 Å². The monoisotopic (exact) mass is 464 g/mol. The van der Waals surface area contributed by atoms with E-state index in [4.69, 9.17) is 5.73 Å². The van der Waals surface area contributed by atoms with Gasteiger partial charge in [0.15, 0.2) is 5.65 Å². The van der Waals surface area contributed by atoms with Crippen molar-refractivity contribution in [2.24, 2.45) is 0 Å². The number of hydrogen-bond donors (Lipinski definition) is 4. The van der Waals surface area contributed by atoms with Crippen LogP contribution in [-0.4, -0.2) is 44.2 Å². The number of nitrogens with zero attached hydrogens (tertiary/aromatic N) is 3. The van der Waals surface area contributed by atoms with Crippen molar-refractivity contribution in [2.75, 3.05) is 12.3 Å². The van der Waals surface area contributed by atoms with Gasteiger partial charge in [-0.1, -0.05) is 30.3 Å². The van der Waals surface area contributed by atoms with Gasteiger partial charge in [-0.05, 0) is 42.5 Å². The van der Waals surface area contributed by atoms with Crippen LogP contribution in [0.1, 0.15) is 45.5 Å². The Morgan fingerprint density at radius 3 is 2.61 bits per heavy atom. The van der Waals surface area contributed by atoms with Crippen molar-refractivity contribution < 1.29 is 14.7 Å². The molecule has 0 radical (unpaired) electrons. The lowest BCUT2D eigenvalue weighted by atomic mass is 10.1. The number of amides is 2. The van der Waals surface area contributed by atoms with Crippen molar-refractivity contribution in [3.8, 4) is 11.1 Å². The lowest BCUT2D eigenvalue weighted by Gasteiger charge is -2.13. The highest BCUT2D eigenvalue weighted by atomic mass is 32.1. The fourth-order valence-corrected chi connectivity index (χ4v) is 4.19. The van der Waals surface area contributed by atoms with Crippen molar-refractivity contribution >= 4 is 34.7 Å². The molecule has 10 heteroatoms. The van der Waals surface area contributed by atoms with Crippen LogP contribution in [0, 0.1) is 0 Å². The van der Waals surface area contributed by atoms with E-state index in [1.807, 2.05) is 42.6 Å². The average molecular weight is 465 g/mol. The van der Waals surface area contributed by atoms with Crippen LogP contribution in [-0.2, 0) is 0 Å². The number of aliphatic hydroxyl groups is 1. The first-order valence-corrected chi connectivity index (χ1v) is 11.3. The summed E-state index contributed by atoms with van der Waals surface area (Å²) in [5.74, 6) is -0.541. The number of carbonyl (C=O) groups excluding carboxylic acids is 2. The molecule has 4 rings (SSSR count). The molecule has 1 aromatic carbocycles. The Morgan fingerprint density at radius 1 is 1.12 bits per heavy atom. The Labute approximate surface area is 194 Å². The van der Waals surface area contributed by atoms with Gasteiger partial charge in [-0.3, -0.25) is 9.59 Å². The van der Waals surface area contributed by atoms with Gasteiger partial charge in [0.1, 0.15) is 0 Å². The molecule has 9 nitrogen and oxygen atoms in total. The number of thiophene rings is 1. The second-order valence-electron chi connectivity index (χ2n) is 7.74. The highest BCUT2D eigenvalue weighted by molar-refractivity contribution is 7.12. The molecule has 0 unspecified atom stereocenters. The molecule has 5 N–H and O–H groups in total. The number of nitrogens with two attached hydrogens (primary N) is 1. The quantitative estimate of drug-likeness (QED) is 0.332. The Kier molecular flexibility index (Phi) is 6.38. The van der Waals surface area contributed by atoms with Crippen molar-refractivity contribution in [3.63, 3.8) is 0 Å². The third kappa shape index (κ3) is 4.86. The van der Waals surface area contributed by atoms with Gasteiger partial charge >= 0.3 is 0 Å². The highest BCUT2D eigenvalue weighted by Crippen LogP contribution is 2.28. The van der Waals surface area contributed by atoms with Gasteiger partial charge in [0, 0.05) is 17.8 Å². The molecule has 0 saturated carbocycles. The normalized spacial score (nSPS) is 12.9. The largest absolute Gasteiger partial charge is 0.394 e. The van der Waals surface area contributed by atoms with E-state index in [0.29, 0.717) is 16.1 Å². The zero-order valence-corrected chi connectivity index (χ0v) is 19.0. The van der Waals surface area contributed by atoms with Crippen molar-refractivity contribution in [3.05, 3.63) is 70.0 Å². The first kappa shape index (κ1) is 22.4. The summed E-state index contributed by atoms with van der Waals surface area (Å²) in [6.45, 7) is 3.43. The van der Waals surface area contributed by atoms with E-state index in [1.54, 1.807) is 25.3 Å². The molecular weight excluding hydrogens is 440 g/mol. The topological polar surface area (TPSA) is 135 Å². The second kappa shape index (κ2) is 9.39. The minimum Gasteiger partial charge on any atom is -0.394 e. The maximum atomic E-state index is 12.8. The van der Waals surface area contributed by atoms with Gasteiger partial charge in [-0.15, -0.1) is 16.4 Å². The molecule has 0 aliphatic carbocycles. The van der Waals surface area contributed by atoms with Gasteiger partial charge in [0.25, 0.3) is 11.8 Å². The van der Waals surface area contributed by atoms with Crippen LogP contribution in [0.5, 0.6) is 0 Å². The summed E-state index contributed by atoms with van der Waals surface area (Å²) in [5.41, 5.74) is 8.79. The molecule has 3 aromatic heterocycles. The lowest BCUT2D eigenvalue weighted by molar-refractivity contribution is 0.0920. The molecule has 0 bridgehead atoms. The van der Waals surface area contributed by atoms with Crippen LogP contribution >= 0.6 is 11.3 Å². The van der Waals surface area contributed by atoms with Crippen molar-refractivity contribution in [1.82, 2.24) is 25.2 Å². The zero-order chi connectivity index (χ0) is 23.5. The van der Waals surface area contributed by atoms with Gasteiger partial charge in [0.05, 0.1) is 23.1 Å². The summed E-state index contributed by atoms with van der Waals surface area (Å²) in [7, 11) is 0. The maximum absolute atomic E-state index is 12.8. The summed E-state index contributed by atoms with van der Waals surface area (Å²) in [6.07, 6.45) is 1.71. The Hall–Kier alpha value is -3.76. The molecule has 3 heterocycles. The van der Waals surface area contributed by atoms with E-state index in [-0.39, 0.29) is 30.1 Å². The van der Waals surface area contributed by atoms with Crippen molar-refractivity contribution in [2.45, 2.75) is 25.9 Å². The molecule has 0 aliphatic heterocycles. The number of fused-ring (bicyclic) bond motifs is 1. The van der Waals surface area contributed by atoms with Crippen LogP contribution in [0.25, 0.3) is 16.8 Å². The Morgan fingerprint density at radius 2 is 1.88 bits per heavy atom. The summed E-state index contributed by atoms with van der Waals surface area (Å²) in [4.78, 5) is 30.3. The van der Waals surface area contributed by atoms with Gasteiger partial charge < -0.3 is 21.5 Å². The number of anilines is 1. The van der Waals surface area contributed by atoms with Crippen LogP contribution in [0.4, 0.5) is 5.95 Å². The van der Waals surface area contributed by atoms with Gasteiger partial charge in [0.2, 0.25) is 5.95 Å². The molecule has 2 atom stereocenters. The van der Waals surface area contributed by atoms with E-state index in [2.05, 4.69) is 20.7 Å². The number of nitrogens with one attached hydrogen (secondary N) is 2. The summed E-state index contributed by atoms with van der Waals surface area (Å²) >= 11 is 1.31. The molecule has 0 saturated heterocycles. The number of aromatic nitrogens is 3. The van der Waals surface area contributed by atoms with Crippen LogP contribution < -0.4 is 16.4 Å². The number of benzene rings is 1. The first-order chi connectivity index (χ1) is 15.9. The smallest absolute Gasteiger partial charge is 0.261 e. The van der Waals surface area contributed by atoms with E-state index < -0.39 is 11.9 Å². The van der Waals surface area contributed by atoms with Crippen LogP contribution in [0.2, 0.25) is 0 Å². The maximum Gasteiger partial charge on any atom is 0.261 e. The average Bonchev–Trinajstić information content (AvgIpc) is 3.45. The molecule has 170 valence electrons. The Balaban J connectivity index is 1.62. The standard InChI is InChI=1S/C23H24N6O3S/c1-13(11-30)25-21(31)18-8-16(10-29-20(18)27-23(24)28-29)17-9-19(33-12-17)22(32)26-14(2)15-6-4-3-5-7-15/h3-10,12-14,30H,11H2,1-2H3,(H2,24,28)(H,25,31)(H,26,32)/t13-,14-/m0/s1. The molecule has 0 aliphatic rings. The fourth-order valence-electron chi connectivity index (χ4n) is 3.37. The van der Waals surface area contributed by atoms with Gasteiger partial charge in [-0.25, -0.2) is 4.52 Å². The molecule has 0 spiro atoms. The van der Waals surface area contributed by atoms with Crippen LogP contribution in [0.15, 0.2) is 54.0 Å². The second-order valence-corrected chi connectivity index (χ2v) is 8.65. The van der Waals surface area contributed by atoms with E-state index in [1.165, 1.54) is 15.9 Å². The minimum atomic E-state index is -0.426. The third-order valence-electron chi connectivity index (χ3n) is 5.15. The van der Waals surface area contributed by atoms with Crippen LogP contribution in [0.3, 0.4) is 0 Å². The highest BCUT2D eigenvalue weighted by Gasteiger charge is 2.19. The Bertz CT molecular complexity index is 1300. The molecule has 2 amide bonds. The number of pyridine rings is 1. The van der Waals surface area contributed by atoms with E-state index in [0.717, 1.165) is 11.1 Å². The molecular formula is C23H24N6O3S. The number of aliphatic hydroxyl groups excluding tert-OH is 1. The number of hydrogen-bond acceptors (Lipinski definition) is 7.